The molecule has 0 atom stereocenters. The smallest absolute Gasteiger partial charge is 0.348 e. The third-order valence-corrected chi connectivity index (χ3v) is 3.75. The van der Waals surface area contributed by atoms with Crippen LogP contribution in [0.25, 0.3) is 11.0 Å². The van der Waals surface area contributed by atoms with Gasteiger partial charge in [-0.3, -0.25) is 4.79 Å². The van der Waals surface area contributed by atoms with E-state index in [4.69, 9.17) is 20.8 Å². The first kappa shape index (κ1) is 15.3. The molecule has 3 aromatic rings. The number of carbonyl (C=O) groups excluding carboxylic acids is 1. The van der Waals surface area contributed by atoms with Gasteiger partial charge in [-0.05, 0) is 42.3 Å². The van der Waals surface area contributed by atoms with Gasteiger partial charge in [0.05, 0.1) is 0 Å². The third kappa shape index (κ3) is 3.12. The molecular weight excluding hydrogens is 316 g/mol. The molecule has 0 aliphatic carbocycles. The zero-order valence-electron chi connectivity index (χ0n) is 12.3. The number of halogens is 1. The maximum absolute atomic E-state index is 11.8. The summed E-state index contributed by atoms with van der Waals surface area (Å²) in [4.78, 5) is 23.0. The van der Waals surface area contributed by atoms with E-state index in [1.54, 1.807) is 19.1 Å². The summed E-state index contributed by atoms with van der Waals surface area (Å²) in [5.74, 6) is 0.620. The molecule has 2 aromatic carbocycles. The molecule has 4 nitrogen and oxygen atoms in total. The third-order valence-electron chi connectivity index (χ3n) is 3.55. The van der Waals surface area contributed by atoms with Gasteiger partial charge < -0.3 is 9.15 Å². The van der Waals surface area contributed by atoms with Crippen LogP contribution in [0, 0.1) is 6.92 Å². The minimum atomic E-state index is -0.831. The summed E-state index contributed by atoms with van der Waals surface area (Å²) in [5.41, 5.74) is 1.21. The van der Waals surface area contributed by atoms with Gasteiger partial charge in [-0.25, -0.2) is 4.79 Å². The second-order valence-electron chi connectivity index (χ2n) is 5.10. The molecule has 116 valence electrons. The van der Waals surface area contributed by atoms with E-state index in [0.717, 1.165) is 5.56 Å². The lowest BCUT2D eigenvalue weighted by Crippen LogP contribution is -2.10. The molecule has 0 radical (unpaired) electrons. The fourth-order valence-corrected chi connectivity index (χ4v) is 2.47. The molecule has 1 aromatic heterocycles. The normalized spacial score (nSPS) is 10.7. The van der Waals surface area contributed by atoms with Gasteiger partial charge in [-0.2, -0.15) is 0 Å². The van der Waals surface area contributed by atoms with Crippen molar-refractivity contribution >= 4 is 27.8 Å². The van der Waals surface area contributed by atoms with Crippen LogP contribution in [0.1, 0.15) is 21.5 Å². The lowest BCUT2D eigenvalue weighted by atomic mass is 10.1. The van der Waals surface area contributed by atoms with E-state index in [0.29, 0.717) is 28.9 Å². The molecular formula is C18H13ClO4. The Kier molecular flexibility index (Phi) is 4.17. The van der Waals surface area contributed by atoms with Crippen molar-refractivity contribution in [2.75, 3.05) is 0 Å². The molecule has 0 unspecified atom stereocenters. The van der Waals surface area contributed by atoms with E-state index in [-0.39, 0.29) is 5.56 Å². The highest BCUT2D eigenvalue weighted by Crippen LogP contribution is 2.27. The van der Waals surface area contributed by atoms with Crippen LogP contribution in [0.2, 0.25) is 0 Å². The summed E-state index contributed by atoms with van der Waals surface area (Å²) in [6, 6.07) is 14.7. The SMILES string of the molecule is Cc1c(OCc2ccccc2)ccc2cc(C(=O)Cl)c(=O)oc12. The van der Waals surface area contributed by atoms with Crippen LogP contribution in [0.5, 0.6) is 5.75 Å². The fraction of sp³-hybridized carbons (Fsp3) is 0.111. The zero-order valence-corrected chi connectivity index (χ0v) is 13.1. The van der Waals surface area contributed by atoms with Gasteiger partial charge in [-0.15, -0.1) is 0 Å². The average molecular weight is 329 g/mol. The molecule has 0 bridgehead atoms. The van der Waals surface area contributed by atoms with Gasteiger partial charge >= 0.3 is 5.63 Å². The molecule has 0 spiro atoms. The maximum atomic E-state index is 11.8. The molecule has 0 amide bonds. The van der Waals surface area contributed by atoms with Crippen molar-refractivity contribution in [3.63, 3.8) is 0 Å². The van der Waals surface area contributed by atoms with E-state index in [2.05, 4.69) is 0 Å². The van der Waals surface area contributed by atoms with E-state index >= 15 is 0 Å². The first-order chi connectivity index (χ1) is 11.1. The van der Waals surface area contributed by atoms with Crippen LogP contribution in [0.15, 0.2) is 57.7 Å². The Morgan fingerprint density at radius 2 is 1.91 bits per heavy atom. The second kappa shape index (κ2) is 6.26. The molecule has 0 saturated heterocycles. The molecule has 0 fully saturated rings. The first-order valence-electron chi connectivity index (χ1n) is 7.00. The standard InChI is InChI=1S/C18H13ClO4/c1-11-15(22-10-12-5-3-2-4-6-12)8-7-13-9-14(17(19)20)18(21)23-16(11)13/h2-9H,10H2,1H3. The molecule has 5 heteroatoms. The van der Waals surface area contributed by atoms with Crippen LogP contribution in [0.3, 0.4) is 0 Å². The number of benzene rings is 2. The highest BCUT2D eigenvalue weighted by molar-refractivity contribution is 6.67. The van der Waals surface area contributed by atoms with Gasteiger partial charge in [0, 0.05) is 10.9 Å². The zero-order chi connectivity index (χ0) is 16.4. The fourth-order valence-electron chi connectivity index (χ4n) is 2.33. The lowest BCUT2D eigenvalue weighted by molar-refractivity contribution is 0.107. The van der Waals surface area contributed by atoms with Crippen molar-refractivity contribution in [1.29, 1.82) is 0 Å². The molecule has 0 aliphatic heterocycles. The van der Waals surface area contributed by atoms with Gasteiger partial charge in [0.2, 0.25) is 0 Å². The summed E-state index contributed by atoms with van der Waals surface area (Å²) in [6.45, 7) is 2.21. The second-order valence-corrected chi connectivity index (χ2v) is 5.45. The van der Waals surface area contributed by atoms with E-state index in [1.807, 2.05) is 30.3 Å². The predicted octanol–water partition coefficient (Wildman–Crippen LogP) is 4.06. The van der Waals surface area contributed by atoms with E-state index < -0.39 is 10.9 Å². The Labute approximate surface area is 137 Å². The monoisotopic (exact) mass is 328 g/mol. The summed E-state index contributed by atoms with van der Waals surface area (Å²) in [5, 5.41) is -0.208. The largest absolute Gasteiger partial charge is 0.488 e. The van der Waals surface area contributed by atoms with Crippen molar-refractivity contribution in [1.82, 2.24) is 0 Å². The number of carbonyl (C=O) groups is 1. The molecule has 1 heterocycles. The summed E-state index contributed by atoms with van der Waals surface area (Å²) in [6.07, 6.45) is 0. The molecule has 0 aliphatic rings. The van der Waals surface area contributed by atoms with Crippen molar-refractivity contribution in [2.45, 2.75) is 13.5 Å². The molecule has 0 N–H and O–H groups in total. The Morgan fingerprint density at radius 1 is 1.17 bits per heavy atom. The number of hydrogen-bond acceptors (Lipinski definition) is 4. The van der Waals surface area contributed by atoms with Crippen molar-refractivity contribution in [3.05, 3.63) is 75.6 Å². The predicted molar refractivity (Wildman–Crippen MR) is 88.2 cm³/mol. The number of rotatable bonds is 4. The van der Waals surface area contributed by atoms with Crippen molar-refractivity contribution < 1.29 is 13.9 Å². The summed E-state index contributed by atoms with van der Waals surface area (Å²) < 4.78 is 11.0. The minimum Gasteiger partial charge on any atom is -0.488 e. The summed E-state index contributed by atoms with van der Waals surface area (Å²) in [7, 11) is 0. The first-order valence-corrected chi connectivity index (χ1v) is 7.38. The molecule has 3 rings (SSSR count). The Hall–Kier alpha value is -2.59. The minimum absolute atomic E-state index is 0.170. The van der Waals surface area contributed by atoms with Crippen LogP contribution in [-0.4, -0.2) is 5.24 Å². The Morgan fingerprint density at radius 3 is 2.61 bits per heavy atom. The molecule has 0 saturated carbocycles. The van der Waals surface area contributed by atoms with E-state index in [9.17, 15) is 9.59 Å². The van der Waals surface area contributed by atoms with Gasteiger partial charge in [0.15, 0.2) is 0 Å². The topological polar surface area (TPSA) is 56.5 Å². The number of aryl methyl sites for hydroxylation is 1. The highest BCUT2D eigenvalue weighted by Gasteiger charge is 2.14. The number of hydrogen-bond donors (Lipinski definition) is 0. The quantitative estimate of drug-likeness (QED) is 0.535. The van der Waals surface area contributed by atoms with Gasteiger partial charge in [-0.1, -0.05) is 30.3 Å². The number of ether oxygens (including phenoxy) is 1. The van der Waals surface area contributed by atoms with Crippen LogP contribution >= 0.6 is 11.6 Å². The van der Waals surface area contributed by atoms with Crippen LogP contribution < -0.4 is 10.4 Å². The Bertz CT molecular complexity index is 929. The van der Waals surface area contributed by atoms with Gasteiger partial charge in [0.25, 0.3) is 5.24 Å². The highest BCUT2D eigenvalue weighted by atomic mass is 35.5. The molecule has 23 heavy (non-hydrogen) atoms. The average Bonchev–Trinajstić information content (AvgIpc) is 2.55. The van der Waals surface area contributed by atoms with E-state index in [1.165, 1.54) is 6.07 Å². The van der Waals surface area contributed by atoms with Crippen molar-refractivity contribution in [3.8, 4) is 5.75 Å². The lowest BCUT2D eigenvalue weighted by Gasteiger charge is -2.11. The van der Waals surface area contributed by atoms with Crippen molar-refractivity contribution in [2.24, 2.45) is 0 Å². The van der Waals surface area contributed by atoms with Gasteiger partial charge in [0.1, 0.15) is 23.5 Å². The number of fused-ring (bicyclic) bond motifs is 1. The maximum Gasteiger partial charge on any atom is 0.348 e. The summed E-state index contributed by atoms with van der Waals surface area (Å²) >= 11 is 5.37. The van der Waals surface area contributed by atoms with Crippen LogP contribution in [-0.2, 0) is 6.61 Å². The Balaban J connectivity index is 1.97. The van der Waals surface area contributed by atoms with Crippen LogP contribution in [0.4, 0.5) is 0 Å².